The Balaban J connectivity index is 2.13. The highest BCUT2D eigenvalue weighted by molar-refractivity contribution is 5.75. The summed E-state index contributed by atoms with van der Waals surface area (Å²) in [6.45, 7) is 10.2. The first-order valence-corrected chi connectivity index (χ1v) is 8.36. The van der Waals surface area contributed by atoms with Crippen LogP contribution in [0.15, 0.2) is 18.2 Å². The molecule has 0 N–H and O–H groups in total. The Bertz CT molecular complexity index is 614. The Morgan fingerprint density at radius 2 is 1.92 bits per heavy atom. The number of rotatable bonds is 7. The van der Waals surface area contributed by atoms with Crippen LogP contribution < -0.4 is 4.74 Å². The molecule has 0 bridgehead atoms. The lowest BCUT2D eigenvalue weighted by atomic mass is 9.99. The van der Waals surface area contributed by atoms with Gasteiger partial charge in [0.05, 0.1) is 12.5 Å². The fraction of sp³-hybridized carbons (Fsp3) is 0.579. The van der Waals surface area contributed by atoms with E-state index >= 15 is 0 Å². The van der Waals surface area contributed by atoms with E-state index in [2.05, 4.69) is 0 Å². The summed E-state index contributed by atoms with van der Waals surface area (Å²) in [5, 5.41) is 0. The number of esters is 2. The van der Waals surface area contributed by atoms with Gasteiger partial charge in [0.1, 0.15) is 18.0 Å². The molecule has 5 heteroatoms. The third-order valence-electron chi connectivity index (χ3n) is 3.85. The third-order valence-corrected chi connectivity index (χ3v) is 3.85. The molecule has 0 amide bonds. The molecular formula is C19H26O5. The Morgan fingerprint density at radius 1 is 1.25 bits per heavy atom. The minimum Gasteiger partial charge on any atom is -0.461 e. The zero-order valence-corrected chi connectivity index (χ0v) is 15.0. The van der Waals surface area contributed by atoms with E-state index in [-0.39, 0.29) is 30.4 Å². The van der Waals surface area contributed by atoms with Gasteiger partial charge in [-0.1, -0.05) is 39.8 Å². The number of hydrogen-bond donors (Lipinski definition) is 0. The van der Waals surface area contributed by atoms with Crippen LogP contribution in [0.1, 0.15) is 52.2 Å². The van der Waals surface area contributed by atoms with Gasteiger partial charge in [-0.25, -0.2) is 0 Å². The maximum absolute atomic E-state index is 12.0. The van der Waals surface area contributed by atoms with Crippen LogP contribution in [-0.2, 0) is 31.3 Å². The van der Waals surface area contributed by atoms with E-state index in [0.29, 0.717) is 18.8 Å². The summed E-state index contributed by atoms with van der Waals surface area (Å²) >= 11 is 0. The first-order valence-electron chi connectivity index (χ1n) is 8.36. The van der Waals surface area contributed by atoms with Crippen LogP contribution in [-0.4, -0.2) is 18.5 Å². The largest absolute Gasteiger partial charge is 0.461 e. The lowest BCUT2D eigenvalue weighted by Gasteiger charge is -2.16. The van der Waals surface area contributed by atoms with Crippen molar-refractivity contribution in [3.63, 3.8) is 0 Å². The molecule has 132 valence electrons. The van der Waals surface area contributed by atoms with E-state index in [1.165, 1.54) is 0 Å². The fourth-order valence-electron chi connectivity index (χ4n) is 2.22. The number of carbonyl (C=O) groups is 2. The van der Waals surface area contributed by atoms with Crippen LogP contribution in [0, 0.1) is 11.8 Å². The van der Waals surface area contributed by atoms with Crippen molar-refractivity contribution in [3.8, 4) is 5.75 Å². The van der Waals surface area contributed by atoms with Gasteiger partial charge in [-0.15, -0.1) is 0 Å². The number of benzene rings is 1. The van der Waals surface area contributed by atoms with Gasteiger partial charge in [0.2, 0.25) is 0 Å². The molecule has 0 radical (unpaired) electrons. The molecule has 1 unspecified atom stereocenters. The molecule has 0 aromatic heterocycles. The summed E-state index contributed by atoms with van der Waals surface area (Å²) in [5.41, 5.74) is 1.22. The predicted octanol–water partition coefficient (Wildman–Crippen LogP) is 3.58. The monoisotopic (exact) mass is 334 g/mol. The quantitative estimate of drug-likeness (QED) is 0.433. The number of hydrogen-bond acceptors (Lipinski definition) is 5. The molecule has 1 atom stereocenters. The first-order chi connectivity index (χ1) is 11.2. The average Bonchev–Trinajstić information content (AvgIpc) is 3.23. The Labute approximate surface area is 143 Å². The van der Waals surface area contributed by atoms with Gasteiger partial charge >= 0.3 is 11.9 Å². The topological polar surface area (TPSA) is 65.1 Å². The lowest BCUT2D eigenvalue weighted by molar-refractivity contribution is -0.146. The predicted molar refractivity (Wildman–Crippen MR) is 89.5 cm³/mol. The lowest BCUT2D eigenvalue weighted by Crippen LogP contribution is -2.17. The second-order valence-corrected chi connectivity index (χ2v) is 7.18. The maximum atomic E-state index is 12.0. The molecule has 1 saturated heterocycles. The van der Waals surface area contributed by atoms with Crippen molar-refractivity contribution in [2.75, 3.05) is 6.61 Å². The highest BCUT2D eigenvalue weighted by atomic mass is 16.6. The second-order valence-electron chi connectivity index (χ2n) is 7.18. The molecule has 1 aromatic rings. The smallest absolute Gasteiger partial charge is 0.313 e. The van der Waals surface area contributed by atoms with Gasteiger partial charge in [0, 0.05) is 12.0 Å². The molecule has 0 spiro atoms. The number of ether oxygens (including phenoxy) is 3. The van der Waals surface area contributed by atoms with Gasteiger partial charge in [0.15, 0.2) is 0 Å². The summed E-state index contributed by atoms with van der Waals surface area (Å²) in [7, 11) is 0. The molecule has 1 aliphatic rings. The zero-order chi connectivity index (χ0) is 17.9. The van der Waals surface area contributed by atoms with Gasteiger partial charge in [-0.3, -0.25) is 9.59 Å². The molecule has 24 heavy (non-hydrogen) atoms. The van der Waals surface area contributed by atoms with Crippen molar-refractivity contribution in [2.24, 2.45) is 11.8 Å². The Kier molecular flexibility index (Phi) is 5.65. The van der Waals surface area contributed by atoms with Crippen LogP contribution in [0.5, 0.6) is 5.75 Å². The van der Waals surface area contributed by atoms with Gasteiger partial charge < -0.3 is 14.2 Å². The van der Waals surface area contributed by atoms with Crippen molar-refractivity contribution < 1.29 is 23.8 Å². The van der Waals surface area contributed by atoms with Gasteiger partial charge in [0.25, 0.3) is 0 Å². The number of carbonyl (C=O) groups excluding carboxylic acids is 2. The van der Waals surface area contributed by atoms with Crippen molar-refractivity contribution in [2.45, 2.75) is 53.2 Å². The summed E-state index contributed by atoms with van der Waals surface area (Å²) in [6.07, 6.45) is 0.388. The molecule has 0 aliphatic carbocycles. The maximum Gasteiger partial charge on any atom is 0.313 e. The highest BCUT2D eigenvalue weighted by Crippen LogP contribution is 2.43. The molecule has 2 rings (SSSR count). The highest BCUT2D eigenvalue weighted by Gasteiger charge is 2.43. The van der Waals surface area contributed by atoms with E-state index in [1.54, 1.807) is 19.9 Å². The Hall–Kier alpha value is -1.88. The van der Waals surface area contributed by atoms with Crippen LogP contribution in [0.4, 0.5) is 0 Å². The van der Waals surface area contributed by atoms with E-state index < -0.39 is 5.60 Å². The summed E-state index contributed by atoms with van der Waals surface area (Å²) in [5.74, 6) is -0.0134. The van der Waals surface area contributed by atoms with E-state index in [0.717, 1.165) is 11.1 Å². The van der Waals surface area contributed by atoms with E-state index in [9.17, 15) is 9.59 Å². The van der Waals surface area contributed by atoms with Crippen LogP contribution in [0.2, 0.25) is 0 Å². The summed E-state index contributed by atoms with van der Waals surface area (Å²) < 4.78 is 16.3. The molecule has 1 aliphatic heterocycles. The molecule has 5 nitrogen and oxygen atoms in total. The van der Waals surface area contributed by atoms with Crippen molar-refractivity contribution in [1.29, 1.82) is 0 Å². The van der Waals surface area contributed by atoms with Crippen molar-refractivity contribution in [1.82, 2.24) is 0 Å². The van der Waals surface area contributed by atoms with Gasteiger partial charge in [-0.05, 0) is 24.5 Å². The minimum atomic E-state index is -0.403. The summed E-state index contributed by atoms with van der Waals surface area (Å²) in [4.78, 5) is 23.6. The van der Waals surface area contributed by atoms with Crippen molar-refractivity contribution in [3.05, 3.63) is 29.3 Å². The van der Waals surface area contributed by atoms with E-state index in [1.807, 2.05) is 32.9 Å². The third kappa shape index (κ3) is 4.81. The van der Waals surface area contributed by atoms with E-state index in [4.69, 9.17) is 14.2 Å². The van der Waals surface area contributed by atoms with Crippen molar-refractivity contribution >= 4 is 11.9 Å². The minimum absolute atomic E-state index is 0.162. The first kappa shape index (κ1) is 18.5. The fourth-order valence-corrected chi connectivity index (χ4v) is 2.22. The second kappa shape index (κ2) is 7.34. The molecule has 1 aromatic carbocycles. The van der Waals surface area contributed by atoms with Crippen LogP contribution >= 0.6 is 0 Å². The molecule has 0 saturated carbocycles. The average molecular weight is 334 g/mol. The van der Waals surface area contributed by atoms with Gasteiger partial charge in [-0.2, -0.15) is 0 Å². The zero-order valence-electron chi connectivity index (χ0n) is 15.0. The standard InChI is InChI=1S/C19H26O5/c1-12(2)8-17(20)22-10-14-6-7-15(19(5)11-23-19)16(9-14)24-18(21)13(3)4/h6-7,9,12-13H,8,10-11H2,1-5H3. The summed E-state index contributed by atoms with van der Waals surface area (Å²) in [6, 6.07) is 5.50. The molecular weight excluding hydrogens is 308 g/mol. The SMILES string of the molecule is CC(C)CC(=O)OCc1ccc(C2(C)CO2)c(OC(=O)C(C)C)c1. The normalized spacial score (nSPS) is 19.5. The molecule has 1 fully saturated rings. The van der Waals surface area contributed by atoms with Crippen LogP contribution in [0.3, 0.4) is 0 Å². The number of epoxide rings is 1. The Morgan fingerprint density at radius 3 is 2.46 bits per heavy atom. The molecule has 1 heterocycles. The van der Waals surface area contributed by atoms with Crippen LogP contribution in [0.25, 0.3) is 0 Å².